The summed E-state index contributed by atoms with van der Waals surface area (Å²) in [5.41, 5.74) is 0.721. The average Bonchev–Trinajstić information content (AvgIpc) is 3.41. The van der Waals surface area contributed by atoms with Crippen molar-refractivity contribution in [3.05, 3.63) is 50.7 Å². The minimum Gasteiger partial charge on any atom is -0.376 e. The van der Waals surface area contributed by atoms with Gasteiger partial charge in [0.25, 0.3) is 5.56 Å². The van der Waals surface area contributed by atoms with E-state index in [0.29, 0.717) is 27.9 Å². The predicted octanol–water partition coefficient (Wildman–Crippen LogP) is 1.93. The predicted molar refractivity (Wildman–Crippen MR) is 118 cm³/mol. The van der Waals surface area contributed by atoms with Crippen LogP contribution in [0.1, 0.15) is 18.4 Å². The van der Waals surface area contributed by atoms with Gasteiger partial charge >= 0.3 is 5.69 Å². The summed E-state index contributed by atoms with van der Waals surface area (Å²) < 4.78 is 8.93. The molecule has 0 spiro atoms. The molecule has 1 amide bonds. The fourth-order valence-corrected chi connectivity index (χ4v) is 4.89. The minimum absolute atomic E-state index is 0.00886. The molecule has 1 aliphatic rings. The van der Waals surface area contributed by atoms with Gasteiger partial charge in [-0.1, -0.05) is 29.5 Å². The summed E-state index contributed by atoms with van der Waals surface area (Å²) in [5.74, 6) is -0.318. The van der Waals surface area contributed by atoms with Crippen LogP contribution in [0.3, 0.4) is 0 Å². The Bertz CT molecular complexity index is 1190. The number of thioether (sulfide) groups is 1. The summed E-state index contributed by atoms with van der Waals surface area (Å²) in [6.07, 6.45) is 3.76. The van der Waals surface area contributed by atoms with Crippen LogP contribution in [-0.2, 0) is 16.1 Å². The smallest absolute Gasteiger partial charge is 0.337 e. The first-order valence-electron chi connectivity index (χ1n) is 9.63. The number of aryl methyl sites for hydroxylation is 1. The van der Waals surface area contributed by atoms with Crippen molar-refractivity contribution < 1.29 is 9.53 Å². The number of aromatic nitrogens is 3. The Kier molecular flexibility index (Phi) is 6.07. The summed E-state index contributed by atoms with van der Waals surface area (Å²) in [6, 6.07) is 7.12. The number of fused-ring (bicyclic) bond motifs is 1. The molecule has 158 valence electrons. The zero-order valence-corrected chi connectivity index (χ0v) is 18.3. The number of rotatable bonds is 6. The number of ether oxygens (including phenoxy) is 1. The van der Waals surface area contributed by atoms with Gasteiger partial charge in [-0.15, -0.1) is 11.3 Å². The third-order valence-corrected chi connectivity index (χ3v) is 7.00. The first-order valence-corrected chi connectivity index (χ1v) is 11.7. The Balaban J connectivity index is 1.76. The van der Waals surface area contributed by atoms with Gasteiger partial charge < -0.3 is 10.1 Å². The molecule has 8 nitrogen and oxygen atoms in total. The van der Waals surface area contributed by atoms with Gasteiger partial charge in [0.05, 0.1) is 11.8 Å². The second-order valence-electron chi connectivity index (χ2n) is 7.12. The molecule has 0 aliphatic carbocycles. The van der Waals surface area contributed by atoms with E-state index >= 15 is 0 Å². The standard InChI is InChI=1S/C20H22N4O4S2/c1-12-5-7-13(8-6-12)24-18(26)16-17(22-19(29-2)30-16)23(20(24)27)11-15(25)21-10-14-4-3-9-28-14/h5-8,14H,3-4,9-11H2,1-2H3,(H,21,25)/t14-/m1/s1. The summed E-state index contributed by atoms with van der Waals surface area (Å²) in [6.45, 7) is 2.83. The van der Waals surface area contributed by atoms with E-state index in [4.69, 9.17) is 4.74 Å². The highest BCUT2D eigenvalue weighted by atomic mass is 32.2. The van der Waals surface area contributed by atoms with Crippen LogP contribution in [-0.4, -0.2) is 45.5 Å². The Morgan fingerprint density at radius 3 is 2.77 bits per heavy atom. The van der Waals surface area contributed by atoms with E-state index < -0.39 is 11.2 Å². The minimum atomic E-state index is -0.582. The maximum atomic E-state index is 13.3. The van der Waals surface area contributed by atoms with Gasteiger partial charge in [-0.2, -0.15) is 0 Å². The Morgan fingerprint density at radius 1 is 1.33 bits per heavy atom. The summed E-state index contributed by atoms with van der Waals surface area (Å²) in [7, 11) is 0. The Labute approximate surface area is 180 Å². The van der Waals surface area contributed by atoms with E-state index in [-0.39, 0.29) is 24.2 Å². The van der Waals surface area contributed by atoms with Gasteiger partial charge in [0.2, 0.25) is 5.91 Å². The average molecular weight is 447 g/mol. The van der Waals surface area contributed by atoms with Gasteiger partial charge in [-0.05, 0) is 38.2 Å². The molecule has 1 fully saturated rings. The number of benzene rings is 1. The molecule has 10 heteroatoms. The Hall–Kier alpha value is -2.43. The molecule has 0 saturated carbocycles. The van der Waals surface area contributed by atoms with E-state index in [1.54, 1.807) is 12.1 Å². The molecule has 1 N–H and O–H groups in total. The summed E-state index contributed by atoms with van der Waals surface area (Å²) in [5, 5.41) is 2.83. The van der Waals surface area contributed by atoms with Crippen molar-refractivity contribution in [2.45, 2.75) is 36.8 Å². The maximum Gasteiger partial charge on any atom is 0.337 e. The first-order chi connectivity index (χ1) is 14.5. The van der Waals surface area contributed by atoms with E-state index in [2.05, 4.69) is 10.3 Å². The molecule has 30 heavy (non-hydrogen) atoms. The largest absolute Gasteiger partial charge is 0.376 e. The number of thiazole rings is 1. The van der Waals surface area contributed by atoms with E-state index in [1.807, 2.05) is 25.3 Å². The fourth-order valence-electron chi connectivity index (χ4n) is 3.40. The number of amides is 1. The monoisotopic (exact) mass is 446 g/mol. The molecule has 3 aromatic rings. The van der Waals surface area contributed by atoms with Crippen molar-refractivity contribution in [1.29, 1.82) is 0 Å². The van der Waals surface area contributed by atoms with Crippen LogP contribution in [0.25, 0.3) is 16.0 Å². The number of carbonyl (C=O) groups excluding carboxylic acids is 1. The van der Waals surface area contributed by atoms with Gasteiger partial charge in [0.15, 0.2) is 9.99 Å². The lowest BCUT2D eigenvalue weighted by molar-refractivity contribution is -0.122. The highest BCUT2D eigenvalue weighted by Crippen LogP contribution is 2.25. The van der Waals surface area contributed by atoms with E-state index in [1.165, 1.54) is 27.7 Å². The van der Waals surface area contributed by atoms with E-state index in [9.17, 15) is 14.4 Å². The molecular formula is C20H22N4O4S2. The van der Waals surface area contributed by atoms with Crippen LogP contribution in [0.5, 0.6) is 0 Å². The second-order valence-corrected chi connectivity index (χ2v) is 9.17. The molecule has 1 saturated heterocycles. The van der Waals surface area contributed by atoms with Crippen molar-refractivity contribution in [2.75, 3.05) is 19.4 Å². The van der Waals surface area contributed by atoms with Crippen LogP contribution in [0.15, 0.2) is 38.2 Å². The van der Waals surface area contributed by atoms with Crippen LogP contribution >= 0.6 is 23.1 Å². The molecule has 1 aromatic carbocycles. The fraction of sp³-hybridized carbons (Fsp3) is 0.400. The Morgan fingerprint density at radius 2 is 2.10 bits per heavy atom. The molecule has 3 heterocycles. The molecule has 0 unspecified atom stereocenters. The van der Waals surface area contributed by atoms with Crippen molar-refractivity contribution in [1.82, 2.24) is 19.4 Å². The lowest BCUT2D eigenvalue weighted by Crippen LogP contribution is -2.42. The maximum absolute atomic E-state index is 13.3. The molecule has 1 aliphatic heterocycles. The highest BCUT2D eigenvalue weighted by Gasteiger charge is 2.21. The molecule has 2 aromatic heterocycles. The normalized spacial score (nSPS) is 16.3. The highest BCUT2D eigenvalue weighted by molar-refractivity contribution is 8.00. The molecule has 0 radical (unpaired) electrons. The molecule has 4 rings (SSSR count). The van der Waals surface area contributed by atoms with Gasteiger partial charge in [0, 0.05) is 13.2 Å². The number of hydrogen-bond acceptors (Lipinski definition) is 7. The van der Waals surface area contributed by atoms with Gasteiger partial charge in [-0.25, -0.2) is 14.3 Å². The van der Waals surface area contributed by atoms with Crippen molar-refractivity contribution in [2.24, 2.45) is 0 Å². The van der Waals surface area contributed by atoms with Gasteiger partial charge in [0.1, 0.15) is 11.2 Å². The van der Waals surface area contributed by atoms with Crippen molar-refractivity contribution >= 4 is 39.4 Å². The van der Waals surface area contributed by atoms with Crippen LogP contribution in [0.2, 0.25) is 0 Å². The van der Waals surface area contributed by atoms with Crippen LogP contribution in [0, 0.1) is 6.92 Å². The lowest BCUT2D eigenvalue weighted by Gasteiger charge is -2.13. The lowest BCUT2D eigenvalue weighted by atomic mass is 10.2. The number of nitrogens with zero attached hydrogens (tertiary/aromatic N) is 3. The van der Waals surface area contributed by atoms with Gasteiger partial charge in [-0.3, -0.25) is 14.2 Å². The van der Waals surface area contributed by atoms with Crippen molar-refractivity contribution in [3.8, 4) is 5.69 Å². The number of nitrogens with one attached hydrogen (secondary N) is 1. The third-order valence-electron chi connectivity index (χ3n) is 4.98. The van der Waals surface area contributed by atoms with E-state index in [0.717, 1.165) is 23.0 Å². The van der Waals surface area contributed by atoms with Crippen molar-refractivity contribution in [3.63, 3.8) is 0 Å². The SMILES string of the molecule is CSc1nc2c(s1)c(=O)n(-c1ccc(C)cc1)c(=O)n2CC(=O)NC[C@H]1CCCO1. The van der Waals surface area contributed by atoms with Crippen LogP contribution < -0.4 is 16.6 Å². The number of carbonyl (C=O) groups is 1. The summed E-state index contributed by atoms with van der Waals surface area (Å²) >= 11 is 2.62. The zero-order chi connectivity index (χ0) is 21.3. The first kappa shape index (κ1) is 20.8. The summed E-state index contributed by atoms with van der Waals surface area (Å²) in [4.78, 5) is 43.4. The molecule has 1 atom stereocenters. The zero-order valence-electron chi connectivity index (χ0n) is 16.7. The quantitative estimate of drug-likeness (QED) is 0.582. The molecule has 0 bridgehead atoms. The topological polar surface area (TPSA) is 95.2 Å². The third kappa shape index (κ3) is 4.07. The number of hydrogen-bond donors (Lipinski definition) is 1. The van der Waals surface area contributed by atoms with Crippen LogP contribution in [0.4, 0.5) is 0 Å². The second kappa shape index (κ2) is 8.75. The molecular weight excluding hydrogens is 424 g/mol.